The second-order valence-electron chi connectivity index (χ2n) is 5.26. The zero-order valence-corrected chi connectivity index (χ0v) is 15.7. The molecular weight excluding hydrogens is 413 g/mol. The molecule has 0 saturated carbocycles. The summed E-state index contributed by atoms with van der Waals surface area (Å²) in [6.45, 7) is 2.41. The Morgan fingerprint density at radius 3 is 2.50 bits per heavy atom. The minimum Gasteiger partial charge on any atom is -0.309 e. The molecule has 0 N–H and O–H groups in total. The second-order valence-corrected chi connectivity index (χ2v) is 7.01. The maximum atomic E-state index is 13.0. The molecular formula is C18H12BrCl2NO2. The largest absolute Gasteiger partial charge is 0.309 e. The van der Waals surface area contributed by atoms with Gasteiger partial charge in [0, 0.05) is 38.6 Å². The van der Waals surface area contributed by atoms with Crippen LogP contribution in [0.15, 0.2) is 51.7 Å². The van der Waals surface area contributed by atoms with Crippen LogP contribution in [0.25, 0.3) is 10.9 Å². The Morgan fingerprint density at radius 2 is 1.83 bits per heavy atom. The molecule has 0 aliphatic rings. The number of pyridine rings is 1. The highest BCUT2D eigenvalue weighted by molar-refractivity contribution is 9.10. The van der Waals surface area contributed by atoms with Crippen LogP contribution in [0.4, 0.5) is 0 Å². The number of aromatic nitrogens is 1. The van der Waals surface area contributed by atoms with Crippen molar-refractivity contribution in [2.24, 2.45) is 0 Å². The number of halogens is 3. The van der Waals surface area contributed by atoms with E-state index < -0.39 is 0 Å². The molecule has 0 aliphatic heterocycles. The summed E-state index contributed by atoms with van der Waals surface area (Å²) in [5, 5.41) is 1.41. The quantitative estimate of drug-likeness (QED) is 0.533. The average molecular weight is 425 g/mol. The molecule has 0 spiro atoms. The maximum absolute atomic E-state index is 13.0. The summed E-state index contributed by atoms with van der Waals surface area (Å²) < 4.78 is 2.45. The second kappa shape index (κ2) is 6.71. The van der Waals surface area contributed by atoms with E-state index in [0.29, 0.717) is 33.6 Å². The number of ketones is 1. The first-order valence-corrected chi connectivity index (χ1v) is 8.80. The highest BCUT2D eigenvalue weighted by Crippen LogP contribution is 2.27. The fourth-order valence-electron chi connectivity index (χ4n) is 2.69. The number of carbonyl (C=O) groups is 1. The lowest BCUT2D eigenvalue weighted by Gasteiger charge is -2.12. The van der Waals surface area contributed by atoms with Crippen molar-refractivity contribution in [3.8, 4) is 0 Å². The van der Waals surface area contributed by atoms with Gasteiger partial charge < -0.3 is 4.57 Å². The van der Waals surface area contributed by atoms with Crippen LogP contribution in [0.3, 0.4) is 0 Å². The van der Waals surface area contributed by atoms with Gasteiger partial charge in [-0.2, -0.15) is 0 Å². The molecule has 24 heavy (non-hydrogen) atoms. The van der Waals surface area contributed by atoms with Gasteiger partial charge in [0.15, 0.2) is 5.78 Å². The predicted octanol–water partition coefficient (Wildman–Crippen LogP) is 5.32. The Kier molecular flexibility index (Phi) is 4.81. The number of carbonyl (C=O) groups excluding carboxylic acids is 1. The summed E-state index contributed by atoms with van der Waals surface area (Å²) in [6.07, 6.45) is 0. The van der Waals surface area contributed by atoms with E-state index in [0.717, 1.165) is 4.47 Å². The van der Waals surface area contributed by atoms with Crippen LogP contribution in [-0.4, -0.2) is 10.4 Å². The Hall–Kier alpha value is -1.62. The first kappa shape index (κ1) is 17.2. The van der Waals surface area contributed by atoms with Crippen LogP contribution < -0.4 is 5.56 Å². The fourth-order valence-corrected chi connectivity index (χ4v) is 3.55. The summed E-state index contributed by atoms with van der Waals surface area (Å²) in [5.74, 6) is -0.305. The van der Waals surface area contributed by atoms with Crippen LogP contribution in [0.2, 0.25) is 10.0 Å². The highest BCUT2D eigenvalue weighted by atomic mass is 79.9. The van der Waals surface area contributed by atoms with Crippen LogP contribution in [0.1, 0.15) is 22.8 Å². The standard InChI is InChI=1S/C18H12BrCl2NO2/c1-2-22-16-6-3-10(19)7-13(16)14(9-17(22)23)18(24)12-5-4-11(20)8-15(12)21/h3-9H,2H2,1H3. The number of hydrogen-bond donors (Lipinski definition) is 0. The van der Waals surface area contributed by atoms with E-state index in [-0.39, 0.29) is 16.4 Å². The average Bonchev–Trinajstić information content (AvgIpc) is 2.54. The molecule has 0 fully saturated rings. The third-order valence-corrected chi connectivity index (χ3v) is 4.85. The highest BCUT2D eigenvalue weighted by Gasteiger charge is 2.18. The SMILES string of the molecule is CCn1c(=O)cc(C(=O)c2ccc(Cl)cc2Cl)c2cc(Br)ccc21. The maximum Gasteiger partial charge on any atom is 0.251 e. The van der Waals surface area contributed by atoms with Crippen LogP contribution in [0.5, 0.6) is 0 Å². The van der Waals surface area contributed by atoms with Crippen molar-refractivity contribution >= 4 is 55.8 Å². The van der Waals surface area contributed by atoms with E-state index in [9.17, 15) is 9.59 Å². The zero-order valence-electron chi connectivity index (χ0n) is 12.6. The molecule has 122 valence electrons. The number of fused-ring (bicyclic) bond motifs is 1. The van der Waals surface area contributed by atoms with Gasteiger partial charge >= 0.3 is 0 Å². The van der Waals surface area contributed by atoms with E-state index in [1.54, 1.807) is 16.7 Å². The van der Waals surface area contributed by atoms with Crippen molar-refractivity contribution < 1.29 is 4.79 Å². The Labute approximate surface area is 156 Å². The van der Waals surface area contributed by atoms with Crippen LogP contribution in [-0.2, 0) is 6.54 Å². The summed E-state index contributed by atoms with van der Waals surface area (Å²) in [7, 11) is 0. The van der Waals surface area contributed by atoms with Gasteiger partial charge in [-0.25, -0.2) is 0 Å². The normalized spacial score (nSPS) is 11.0. The monoisotopic (exact) mass is 423 g/mol. The van der Waals surface area contributed by atoms with Gasteiger partial charge in [0.25, 0.3) is 5.56 Å². The van der Waals surface area contributed by atoms with Gasteiger partial charge in [0.2, 0.25) is 0 Å². The Balaban J connectivity index is 2.31. The topological polar surface area (TPSA) is 39.1 Å². The van der Waals surface area contributed by atoms with Gasteiger partial charge in [0.1, 0.15) is 0 Å². The lowest BCUT2D eigenvalue weighted by atomic mass is 9.99. The zero-order chi connectivity index (χ0) is 17.4. The molecule has 1 heterocycles. The number of hydrogen-bond acceptors (Lipinski definition) is 2. The number of benzene rings is 2. The van der Waals surface area contributed by atoms with Crippen molar-refractivity contribution in [3.05, 3.63) is 78.5 Å². The van der Waals surface area contributed by atoms with Gasteiger partial charge in [-0.3, -0.25) is 9.59 Å². The van der Waals surface area contributed by atoms with Crippen LogP contribution >= 0.6 is 39.1 Å². The third kappa shape index (κ3) is 3.02. The number of aryl methyl sites for hydroxylation is 1. The first-order valence-electron chi connectivity index (χ1n) is 7.25. The molecule has 0 radical (unpaired) electrons. The molecule has 1 aromatic heterocycles. The lowest BCUT2D eigenvalue weighted by molar-refractivity contribution is 0.104. The summed E-state index contributed by atoms with van der Waals surface area (Å²) in [6, 6.07) is 11.6. The summed E-state index contributed by atoms with van der Waals surface area (Å²) in [5.41, 5.74) is 1.13. The first-order chi connectivity index (χ1) is 11.4. The molecule has 3 aromatic rings. The van der Waals surface area contributed by atoms with Crippen molar-refractivity contribution in [2.45, 2.75) is 13.5 Å². The minimum absolute atomic E-state index is 0.222. The van der Waals surface area contributed by atoms with Crippen molar-refractivity contribution in [3.63, 3.8) is 0 Å². The van der Waals surface area contributed by atoms with Crippen molar-refractivity contribution in [1.82, 2.24) is 4.57 Å². The van der Waals surface area contributed by atoms with Crippen molar-refractivity contribution in [2.75, 3.05) is 0 Å². The Bertz CT molecular complexity index is 1030. The van der Waals surface area contributed by atoms with E-state index >= 15 is 0 Å². The molecule has 0 unspecified atom stereocenters. The molecule has 0 amide bonds. The molecule has 2 aromatic carbocycles. The molecule has 0 atom stereocenters. The molecule has 0 bridgehead atoms. The van der Waals surface area contributed by atoms with Gasteiger partial charge in [-0.15, -0.1) is 0 Å². The van der Waals surface area contributed by atoms with Gasteiger partial charge in [-0.05, 0) is 43.3 Å². The molecule has 0 aliphatic carbocycles. The number of rotatable bonds is 3. The summed E-state index contributed by atoms with van der Waals surface area (Å²) >= 11 is 15.5. The van der Waals surface area contributed by atoms with Crippen molar-refractivity contribution in [1.29, 1.82) is 0 Å². The molecule has 0 saturated heterocycles. The van der Waals surface area contributed by atoms with E-state index in [2.05, 4.69) is 15.9 Å². The molecule has 3 rings (SSSR count). The van der Waals surface area contributed by atoms with Gasteiger partial charge in [0.05, 0.1) is 10.5 Å². The minimum atomic E-state index is -0.305. The predicted molar refractivity (Wildman–Crippen MR) is 101 cm³/mol. The van der Waals surface area contributed by atoms with Gasteiger partial charge in [-0.1, -0.05) is 39.1 Å². The van der Waals surface area contributed by atoms with E-state index in [1.807, 2.05) is 25.1 Å². The lowest BCUT2D eigenvalue weighted by Crippen LogP contribution is -2.21. The van der Waals surface area contributed by atoms with E-state index in [4.69, 9.17) is 23.2 Å². The third-order valence-electron chi connectivity index (χ3n) is 3.81. The molecule has 3 nitrogen and oxygen atoms in total. The smallest absolute Gasteiger partial charge is 0.251 e. The van der Waals surface area contributed by atoms with Crippen LogP contribution in [0, 0.1) is 0 Å². The Morgan fingerprint density at radius 1 is 1.08 bits per heavy atom. The molecule has 6 heteroatoms. The summed E-state index contributed by atoms with van der Waals surface area (Å²) in [4.78, 5) is 25.4. The number of nitrogens with zero attached hydrogens (tertiary/aromatic N) is 1. The van der Waals surface area contributed by atoms with E-state index in [1.165, 1.54) is 12.1 Å². The fraction of sp³-hybridized carbons (Fsp3) is 0.111.